The van der Waals surface area contributed by atoms with E-state index in [1.165, 1.54) is 12.8 Å². The third-order valence-electron chi connectivity index (χ3n) is 3.03. The number of benzene rings is 1. The molecular formula is C13H18N2O2. The summed E-state index contributed by atoms with van der Waals surface area (Å²) in [5, 5.41) is 12.4. The summed E-state index contributed by atoms with van der Waals surface area (Å²) in [7, 11) is 0. The Labute approximate surface area is 101 Å². The first-order valence-electron chi connectivity index (χ1n) is 6.01. The molecule has 0 unspecified atom stereocenters. The number of carbonyl (C=O) groups is 1. The molecule has 0 aliphatic carbocycles. The fraction of sp³-hybridized carbons (Fsp3) is 0.462. The number of hydrogen-bond acceptors (Lipinski definition) is 3. The monoisotopic (exact) mass is 234 g/mol. The first kappa shape index (κ1) is 11.9. The maximum absolute atomic E-state index is 11.6. The second-order valence-corrected chi connectivity index (χ2v) is 4.39. The van der Waals surface area contributed by atoms with Gasteiger partial charge in [0.15, 0.2) is 0 Å². The van der Waals surface area contributed by atoms with Crippen molar-refractivity contribution in [1.29, 1.82) is 0 Å². The van der Waals surface area contributed by atoms with Gasteiger partial charge < -0.3 is 10.4 Å². The summed E-state index contributed by atoms with van der Waals surface area (Å²) in [4.78, 5) is 13.8. The van der Waals surface area contributed by atoms with Crippen molar-refractivity contribution in [2.75, 3.05) is 19.6 Å². The average molecular weight is 234 g/mol. The minimum absolute atomic E-state index is 0.0233. The van der Waals surface area contributed by atoms with Gasteiger partial charge in [0.05, 0.1) is 6.54 Å². The summed E-state index contributed by atoms with van der Waals surface area (Å²) in [6, 6.07) is 7.06. The molecule has 2 N–H and O–H groups in total. The van der Waals surface area contributed by atoms with Gasteiger partial charge in [-0.3, -0.25) is 9.69 Å². The molecule has 1 aromatic rings. The number of nitrogens with zero attached hydrogens (tertiary/aromatic N) is 1. The molecular weight excluding hydrogens is 216 g/mol. The van der Waals surface area contributed by atoms with E-state index in [9.17, 15) is 9.90 Å². The maximum atomic E-state index is 11.6. The van der Waals surface area contributed by atoms with Gasteiger partial charge in [0.25, 0.3) is 0 Å². The fourth-order valence-electron chi connectivity index (χ4n) is 2.05. The van der Waals surface area contributed by atoms with Crippen LogP contribution in [0.5, 0.6) is 5.75 Å². The number of phenols is 1. The molecule has 0 bridgehead atoms. The largest absolute Gasteiger partial charge is 0.508 e. The molecule has 1 aliphatic heterocycles. The van der Waals surface area contributed by atoms with Crippen LogP contribution in [-0.4, -0.2) is 35.5 Å². The van der Waals surface area contributed by atoms with E-state index in [2.05, 4.69) is 10.2 Å². The summed E-state index contributed by atoms with van der Waals surface area (Å²) in [6.07, 6.45) is 2.37. The number of para-hydroxylation sites is 1. The second-order valence-electron chi connectivity index (χ2n) is 4.39. The third-order valence-corrected chi connectivity index (χ3v) is 3.03. The normalized spacial score (nSPS) is 16.0. The van der Waals surface area contributed by atoms with E-state index in [0.717, 1.165) is 18.7 Å². The van der Waals surface area contributed by atoms with Gasteiger partial charge in [-0.15, -0.1) is 0 Å². The number of nitrogens with one attached hydrogen (secondary N) is 1. The van der Waals surface area contributed by atoms with Crippen LogP contribution in [0.4, 0.5) is 0 Å². The minimum Gasteiger partial charge on any atom is -0.508 e. The van der Waals surface area contributed by atoms with E-state index < -0.39 is 0 Å². The molecule has 4 heteroatoms. The SMILES string of the molecule is O=C(CN1CCCC1)NCc1ccccc1O. The maximum Gasteiger partial charge on any atom is 0.234 e. The predicted molar refractivity (Wildman–Crippen MR) is 65.6 cm³/mol. The zero-order valence-electron chi connectivity index (χ0n) is 9.85. The van der Waals surface area contributed by atoms with Crippen LogP contribution in [0.25, 0.3) is 0 Å². The molecule has 1 amide bonds. The van der Waals surface area contributed by atoms with Crippen LogP contribution in [-0.2, 0) is 11.3 Å². The number of rotatable bonds is 4. The van der Waals surface area contributed by atoms with Gasteiger partial charge in [-0.25, -0.2) is 0 Å². The second kappa shape index (κ2) is 5.68. The Morgan fingerprint density at radius 2 is 2.00 bits per heavy atom. The lowest BCUT2D eigenvalue weighted by atomic mass is 10.2. The average Bonchev–Trinajstić information content (AvgIpc) is 2.81. The molecule has 1 heterocycles. The number of hydrogen-bond donors (Lipinski definition) is 2. The highest BCUT2D eigenvalue weighted by molar-refractivity contribution is 5.78. The van der Waals surface area contributed by atoms with E-state index in [-0.39, 0.29) is 11.7 Å². The highest BCUT2D eigenvalue weighted by Crippen LogP contribution is 2.14. The molecule has 1 aromatic carbocycles. The van der Waals surface area contributed by atoms with Crippen molar-refractivity contribution in [2.24, 2.45) is 0 Å². The number of likely N-dealkylation sites (tertiary alicyclic amines) is 1. The van der Waals surface area contributed by atoms with Gasteiger partial charge >= 0.3 is 0 Å². The number of aromatic hydroxyl groups is 1. The van der Waals surface area contributed by atoms with Crippen molar-refractivity contribution < 1.29 is 9.90 Å². The van der Waals surface area contributed by atoms with Gasteiger partial charge in [0.1, 0.15) is 5.75 Å². The number of phenolic OH excluding ortho intramolecular Hbond substituents is 1. The lowest BCUT2D eigenvalue weighted by Gasteiger charge is -2.14. The van der Waals surface area contributed by atoms with E-state index in [1.807, 2.05) is 12.1 Å². The zero-order valence-corrected chi connectivity index (χ0v) is 9.85. The Bertz CT molecular complexity index is 387. The summed E-state index contributed by atoms with van der Waals surface area (Å²) in [5.41, 5.74) is 0.752. The van der Waals surface area contributed by atoms with Crippen molar-refractivity contribution >= 4 is 5.91 Å². The van der Waals surface area contributed by atoms with Crippen LogP contribution < -0.4 is 5.32 Å². The van der Waals surface area contributed by atoms with Crippen molar-refractivity contribution in [3.8, 4) is 5.75 Å². The minimum atomic E-state index is 0.0233. The van der Waals surface area contributed by atoms with E-state index in [1.54, 1.807) is 12.1 Å². The molecule has 4 nitrogen and oxygen atoms in total. The van der Waals surface area contributed by atoms with E-state index >= 15 is 0 Å². The first-order valence-corrected chi connectivity index (χ1v) is 6.01. The van der Waals surface area contributed by atoms with E-state index in [4.69, 9.17) is 0 Å². The van der Waals surface area contributed by atoms with Gasteiger partial charge in [-0.05, 0) is 32.0 Å². The zero-order chi connectivity index (χ0) is 12.1. The Kier molecular flexibility index (Phi) is 3.98. The molecule has 0 aromatic heterocycles. The molecule has 1 aliphatic rings. The summed E-state index contributed by atoms with van der Waals surface area (Å²) >= 11 is 0. The summed E-state index contributed by atoms with van der Waals surface area (Å²) in [6.45, 7) is 2.89. The Balaban J connectivity index is 1.77. The van der Waals surface area contributed by atoms with Crippen LogP contribution in [0.2, 0.25) is 0 Å². The molecule has 1 fully saturated rings. The summed E-state index contributed by atoms with van der Waals surface area (Å²) in [5.74, 6) is 0.254. The molecule has 2 rings (SSSR count). The van der Waals surface area contributed by atoms with Crippen LogP contribution in [0, 0.1) is 0 Å². The van der Waals surface area contributed by atoms with Gasteiger partial charge in [0.2, 0.25) is 5.91 Å². The smallest absolute Gasteiger partial charge is 0.234 e. The Morgan fingerprint density at radius 1 is 1.29 bits per heavy atom. The van der Waals surface area contributed by atoms with E-state index in [0.29, 0.717) is 13.1 Å². The van der Waals surface area contributed by atoms with Crippen LogP contribution in [0.3, 0.4) is 0 Å². The Hall–Kier alpha value is -1.55. The lowest BCUT2D eigenvalue weighted by Crippen LogP contribution is -2.35. The van der Waals surface area contributed by atoms with Gasteiger partial charge in [-0.2, -0.15) is 0 Å². The van der Waals surface area contributed by atoms with Crippen LogP contribution >= 0.6 is 0 Å². The predicted octanol–water partition coefficient (Wildman–Crippen LogP) is 1.10. The molecule has 92 valence electrons. The van der Waals surface area contributed by atoms with Gasteiger partial charge in [0, 0.05) is 12.1 Å². The van der Waals surface area contributed by atoms with Crippen LogP contribution in [0.1, 0.15) is 18.4 Å². The summed E-state index contributed by atoms with van der Waals surface area (Å²) < 4.78 is 0. The number of carbonyl (C=O) groups excluding carboxylic acids is 1. The standard InChI is InChI=1S/C13H18N2O2/c16-12-6-2-1-5-11(12)9-14-13(17)10-15-7-3-4-8-15/h1-2,5-6,16H,3-4,7-10H2,(H,14,17). The van der Waals surface area contributed by atoms with Crippen molar-refractivity contribution in [3.05, 3.63) is 29.8 Å². The quantitative estimate of drug-likeness (QED) is 0.820. The highest BCUT2D eigenvalue weighted by Gasteiger charge is 2.14. The lowest BCUT2D eigenvalue weighted by molar-refractivity contribution is -0.122. The molecule has 0 saturated carbocycles. The molecule has 17 heavy (non-hydrogen) atoms. The third kappa shape index (κ3) is 3.46. The van der Waals surface area contributed by atoms with Crippen molar-refractivity contribution in [2.45, 2.75) is 19.4 Å². The van der Waals surface area contributed by atoms with Gasteiger partial charge in [-0.1, -0.05) is 18.2 Å². The molecule has 0 radical (unpaired) electrons. The van der Waals surface area contributed by atoms with Crippen LogP contribution in [0.15, 0.2) is 24.3 Å². The topological polar surface area (TPSA) is 52.6 Å². The van der Waals surface area contributed by atoms with Crippen molar-refractivity contribution in [1.82, 2.24) is 10.2 Å². The number of amides is 1. The Morgan fingerprint density at radius 3 is 2.71 bits per heavy atom. The molecule has 0 atom stereocenters. The first-order chi connectivity index (χ1) is 8.25. The fourth-order valence-corrected chi connectivity index (χ4v) is 2.05. The molecule has 1 saturated heterocycles. The van der Waals surface area contributed by atoms with Crippen molar-refractivity contribution in [3.63, 3.8) is 0 Å². The highest BCUT2D eigenvalue weighted by atomic mass is 16.3. The molecule has 0 spiro atoms.